The molecule has 2 aromatic rings. The first kappa shape index (κ1) is 18.5. The van der Waals surface area contributed by atoms with Crippen LogP contribution in [0.25, 0.3) is 6.08 Å². The topological polar surface area (TPSA) is 55.4 Å². The van der Waals surface area contributed by atoms with Crippen LogP contribution in [0.15, 0.2) is 48.5 Å². The molecule has 0 spiro atoms. The van der Waals surface area contributed by atoms with Gasteiger partial charge in [0.15, 0.2) is 6.29 Å². The highest BCUT2D eigenvalue weighted by atomic mass is 16.5. The molecule has 0 radical (unpaired) electrons. The number of nitrogens with one attached hydrogen (secondary N) is 1. The molecule has 0 saturated carbocycles. The molecule has 0 aliphatic rings. The van der Waals surface area contributed by atoms with Crippen molar-refractivity contribution in [2.45, 2.75) is 26.2 Å². The Morgan fingerprint density at radius 3 is 2.48 bits per heavy atom. The molecule has 130 valence electrons. The monoisotopic (exact) mass is 337 g/mol. The quantitative estimate of drug-likeness (QED) is 0.647. The maximum Gasteiger partial charge on any atom is 0.248 e. The first-order valence-electron chi connectivity index (χ1n) is 8.07. The molecule has 1 N–H and O–H groups in total. The van der Waals surface area contributed by atoms with E-state index in [-0.39, 0.29) is 11.3 Å². The zero-order valence-corrected chi connectivity index (χ0v) is 15.0. The molecule has 4 heteroatoms. The first-order chi connectivity index (χ1) is 11.8. The van der Waals surface area contributed by atoms with E-state index >= 15 is 0 Å². The summed E-state index contributed by atoms with van der Waals surface area (Å²) >= 11 is 0. The van der Waals surface area contributed by atoms with Crippen LogP contribution in [-0.2, 0) is 10.2 Å². The Hall–Kier alpha value is -2.88. The van der Waals surface area contributed by atoms with E-state index in [0.717, 1.165) is 23.2 Å². The summed E-state index contributed by atoms with van der Waals surface area (Å²) in [6, 6.07) is 12.7. The normalized spacial score (nSPS) is 11.4. The van der Waals surface area contributed by atoms with Gasteiger partial charge in [-0.15, -0.1) is 0 Å². The minimum Gasteiger partial charge on any atom is -0.496 e. The largest absolute Gasteiger partial charge is 0.496 e. The summed E-state index contributed by atoms with van der Waals surface area (Å²) < 4.78 is 5.47. The molecule has 2 aromatic carbocycles. The van der Waals surface area contributed by atoms with Crippen molar-refractivity contribution in [3.63, 3.8) is 0 Å². The van der Waals surface area contributed by atoms with Gasteiger partial charge in [0.1, 0.15) is 5.75 Å². The molecule has 0 atom stereocenters. The van der Waals surface area contributed by atoms with Crippen molar-refractivity contribution in [2.75, 3.05) is 12.4 Å². The van der Waals surface area contributed by atoms with E-state index in [0.29, 0.717) is 11.3 Å². The van der Waals surface area contributed by atoms with Crippen LogP contribution in [0.5, 0.6) is 5.75 Å². The highest BCUT2D eigenvalue weighted by molar-refractivity contribution is 6.04. The molecule has 0 aliphatic heterocycles. The van der Waals surface area contributed by atoms with Gasteiger partial charge in [-0.2, -0.15) is 0 Å². The minimum absolute atomic E-state index is 0.0243. The molecule has 0 aliphatic carbocycles. The van der Waals surface area contributed by atoms with Crippen LogP contribution in [0.1, 0.15) is 42.3 Å². The number of carbonyl (C=O) groups excluding carboxylic acids is 2. The van der Waals surface area contributed by atoms with Gasteiger partial charge < -0.3 is 10.1 Å². The molecule has 0 heterocycles. The predicted molar refractivity (Wildman–Crippen MR) is 101 cm³/mol. The van der Waals surface area contributed by atoms with Gasteiger partial charge in [0.2, 0.25) is 5.91 Å². The zero-order chi connectivity index (χ0) is 18.4. The van der Waals surface area contributed by atoms with E-state index in [1.54, 1.807) is 37.5 Å². The average Bonchev–Trinajstić information content (AvgIpc) is 2.59. The van der Waals surface area contributed by atoms with Crippen LogP contribution in [-0.4, -0.2) is 19.3 Å². The van der Waals surface area contributed by atoms with E-state index < -0.39 is 0 Å². The van der Waals surface area contributed by atoms with Gasteiger partial charge >= 0.3 is 0 Å². The molecule has 2 rings (SSSR count). The third-order valence-electron chi connectivity index (χ3n) is 3.81. The van der Waals surface area contributed by atoms with Crippen LogP contribution in [0, 0.1) is 0 Å². The number of anilines is 1. The second kappa shape index (κ2) is 7.79. The molecule has 0 saturated heterocycles. The zero-order valence-electron chi connectivity index (χ0n) is 15.0. The van der Waals surface area contributed by atoms with E-state index in [1.807, 2.05) is 18.2 Å². The number of ether oxygens (including phenoxy) is 1. The fourth-order valence-electron chi connectivity index (χ4n) is 2.49. The van der Waals surface area contributed by atoms with Crippen LogP contribution in [0.2, 0.25) is 0 Å². The summed E-state index contributed by atoms with van der Waals surface area (Å²) in [6.45, 7) is 6.37. The number of amides is 1. The van der Waals surface area contributed by atoms with Crippen LogP contribution >= 0.6 is 0 Å². The third-order valence-corrected chi connectivity index (χ3v) is 3.81. The SMILES string of the molecule is COc1cc(/C=C/C(=O)Nc2ccccc2C=O)ccc1C(C)(C)C. The lowest BCUT2D eigenvalue weighted by molar-refractivity contribution is -0.111. The smallest absolute Gasteiger partial charge is 0.248 e. The summed E-state index contributed by atoms with van der Waals surface area (Å²) in [5.74, 6) is 0.495. The summed E-state index contributed by atoms with van der Waals surface area (Å²) in [5.41, 5.74) is 2.89. The Morgan fingerprint density at radius 1 is 1.12 bits per heavy atom. The fraction of sp³-hybridized carbons (Fsp3) is 0.238. The van der Waals surface area contributed by atoms with Crippen molar-refractivity contribution in [1.82, 2.24) is 0 Å². The Balaban J connectivity index is 2.16. The number of benzene rings is 2. The van der Waals surface area contributed by atoms with Crippen molar-refractivity contribution in [3.8, 4) is 5.75 Å². The Bertz CT molecular complexity index is 801. The van der Waals surface area contributed by atoms with Crippen molar-refractivity contribution in [2.24, 2.45) is 0 Å². The van der Waals surface area contributed by atoms with Crippen molar-refractivity contribution >= 4 is 24.0 Å². The second-order valence-corrected chi connectivity index (χ2v) is 6.74. The lowest BCUT2D eigenvalue weighted by Gasteiger charge is -2.22. The van der Waals surface area contributed by atoms with E-state index in [1.165, 1.54) is 6.08 Å². The maximum absolute atomic E-state index is 12.1. The maximum atomic E-state index is 12.1. The van der Waals surface area contributed by atoms with Gasteiger partial charge in [0.05, 0.1) is 12.8 Å². The van der Waals surface area contributed by atoms with Crippen molar-refractivity contribution in [1.29, 1.82) is 0 Å². The third kappa shape index (κ3) is 4.80. The van der Waals surface area contributed by atoms with Gasteiger partial charge in [-0.3, -0.25) is 9.59 Å². The molecule has 0 unspecified atom stereocenters. The number of hydrogen-bond donors (Lipinski definition) is 1. The Morgan fingerprint density at radius 2 is 1.84 bits per heavy atom. The molecule has 0 aromatic heterocycles. The number of hydrogen-bond acceptors (Lipinski definition) is 3. The Kier molecular flexibility index (Phi) is 5.75. The van der Waals surface area contributed by atoms with Crippen LogP contribution < -0.4 is 10.1 Å². The predicted octanol–water partition coefficient (Wildman–Crippen LogP) is 4.46. The molecule has 1 amide bonds. The lowest BCUT2D eigenvalue weighted by atomic mass is 9.86. The molecular formula is C21H23NO3. The van der Waals surface area contributed by atoms with Gasteiger partial charge in [-0.05, 0) is 40.8 Å². The first-order valence-corrected chi connectivity index (χ1v) is 8.07. The molecular weight excluding hydrogens is 314 g/mol. The van der Waals surface area contributed by atoms with Gasteiger partial charge in [-0.25, -0.2) is 0 Å². The highest BCUT2D eigenvalue weighted by Crippen LogP contribution is 2.32. The van der Waals surface area contributed by atoms with Crippen LogP contribution in [0.3, 0.4) is 0 Å². The highest BCUT2D eigenvalue weighted by Gasteiger charge is 2.18. The standard InChI is InChI=1S/C21H23NO3/c1-21(2,3)17-11-9-15(13-19(17)25-4)10-12-20(24)22-18-8-6-5-7-16(18)14-23/h5-14H,1-4H3,(H,22,24)/b12-10+. The van der Waals surface area contributed by atoms with Gasteiger partial charge in [-0.1, -0.05) is 45.0 Å². The number of rotatable bonds is 5. The average molecular weight is 337 g/mol. The lowest BCUT2D eigenvalue weighted by Crippen LogP contribution is -2.12. The van der Waals surface area contributed by atoms with E-state index in [4.69, 9.17) is 4.74 Å². The molecule has 4 nitrogen and oxygen atoms in total. The summed E-state index contributed by atoms with van der Waals surface area (Å²) in [4.78, 5) is 23.1. The number of carbonyl (C=O) groups is 2. The number of methoxy groups -OCH3 is 1. The summed E-state index contributed by atoms with van der Waals surface area (Å²) in [7, 11) is 1.64. The van der Waals surface area contributed by atoms with Crippen molar-refractivity contribution in [3.05, 3.63) is 65.2 Å². The molecule has 25 heavy (non-hydrogen) atoms. The van der Waals surface area contributed by atoms with Gasteiger partial charge in [0.25, 0.3) is 0 Å². The molecule has 0 fully saturated rings. The van der Waals surface area contributed by atoms with Crippen molar-refractivity contribution < 1.29 is 14.3 Å². The fourth-order valence-corrected chi connectivity index (χ4v) is 2.49. The second-order valence-electron chi connectivity index (χ2n) is 6.74. The Labute approximate surface area is 148 Å². The minimum atomic E-state index is -0.298. The van der Waals surface area contributed by atoms with Gasteiger partial charge in [0, 0.05) is 11.6 Å². The van der Waals surface area contributed by atoms with E-state index in [2.05, 4.69) is 26.1 Å². The summed E-state index contributed by atoms with van der Waals surface area (Å²) in [5, 5.41) is 2.71. The van der Waals surface area contributed by atoms with Crippen LogP contribution in [0.4, 0.5) is 5.69 Å². The molecule has 0 bridgehead atoms. The van der Waals surface area contributed by atoms with E-state index in [9.17, 15) is 9.59 Å². The number of aldehydes is 1. The number of para-hydroxylation sites is 1. The summed E-state index contributed by atoms with van der Waals surface area (Å²) in [6.07, 6.45) is 3.87.